The predicted octanol–water partition coefficient (Wildman–Crippen LogP) is 1.08. The largest absolute Gasteiger partial charge is 0.389 e. The lowest BCUT2D eigenvalue weighted by Gasteiger charge is -2.13. The van der Waals surface area contributed by atoms with Crippen molar-refractivity contribution in [1.29, 1.82) is 0 Å². The summed E-state index contributed by atoms with van der Waals surface area (Å²) in [7, 11) is -3.65. The molecule has 20 heavy (non-hydrogen) atoms. The van der Waals surface area contributed by atoms with Crippen molar-refractivity contribution in [2.75, 3.05) is 0 Å². The van der Waals surface area contributed by atoms with E-state index in [-0.39, 0.29) is 9.88 Å². The minimum atomic E-state index is -3.65. The topological polar surface area (TPSA) is 101 Å². The first-order chi connectivity index (χ1) is 9.40. The lowest BCUT2D eigenvalue weighted by Crippen LogP contribution is -2.27. The highest BCUT2D eigenvalue weighted by molar-refractivity contribution is 7.89. The molecule has 2 rings (SSSR count). The Morgan fingerprint density at radius 3 is 2.85 bits per heavy atom. The maximum absolute atomic E-state index is 12.3. The van der Waals surface area contributed by atoms with Crippen molar-refractivity contribution >= 4 is 27.2 Å². The summed E-state index contributed by atoms with van der Waals surface area (Å²) in [6.45, 7) is 1.74. The molecule has 0 aliphatic carbocycles. The summed E-state index contributed by atoms with van der Waals surface area (Å²) in [6.07, 6.45) is 3.21. The van der Waals surface area contributed by atoms with Crippen molar-refractivity contribution in [1.82, 2.24) is 14.9 Å². The van der Waals surface area contributed by atoms with Crippen LogP contribution < -0.4 is 10.5 Å². The van der Waals surface area contributed by atoms with Crippen LogP contribution in [0.1, 0.15) is 24.1 Å². The van der Waals surface area contributed by atoms with Crippen LogP contribution in [0.4, 0.5) is 0 Å². The van der Waals surface area contributed by atoms with Crippen LogP contribution >= 0.6 is 12.2 Å². The molecule has 2 aromatic rings. The Balaban J connectivity index is 2.26. The van der Waals surface area contributed by atoms with Gasteiger partial charge in [-0.25, -0.2) is 13.1 Å². The first kappa shape index (κ1) is 14.6. The Morgan fingerprint density at radius 2 is 2.25 bits per heavy atom. The van der Waals surface area contributed by atoms with Gasteiger partial charge in [0.1, 0.15) is 4.99 Å². The van der Waals surface area contributed by atoms with E-state index in [0.717, 1.165) is 5.56 Å². The molecule has 0 bridgehead atoms. The van der Waals surface area contributed by atoms with E-state index >= 15 is 0 Å². The van der Waals surface area contributed by atoms with Crippen LogP contribution in [0.2, 0.25) is 0 Å². The molecular formula is C12H14N4O2S2. The number of thiocarbonyl (C=S) groups is 1. The fourth-order valence-corrected chi connectivity index (χ4v) is 3.09. The van der Waals surface area contributed by atoms with Gasteiger partial charge in [0.25, 0.3) is 0 Å². The number of aromatic amines is 1. The molecule has 106 valence electrons. The Bertz CT molecular complexity index is 711. The highest BCUT2D eigenvalue weighted by Gasteiger charge is 2.19. The van der Waals surface area contributed by atoms with E-state index in [9.17, 15) is 8.42 Å². The second-order valence-corrected chi connectivity index (χ2v) is 6.42. The molecule has 0 saturated heterocycles. The van der Waals surface area contributed by atoms with Gasteiger partial charge >= 0.3 is 0 Å². The van der Waals surface area contributed by atoms with E-state index in [4.69, 9.17) is 18.0 Å². The molecule has 1 aromatic heterocycles. The van der Waals surface area contributed by atoms with Crippen molar-refractivity contribution in [2.24, 2.45) is 5.73 Å². The van der Waals surface area contributed by atoms with Gasteiger partial charge in [0, 0.05) is 23.4 Å². The van der Waals surface area contributed by atoms with Gasteiger partial charge in [-0.15, -0.1) is 0 Å². The smallest absolute Gasteiger partial charge is 0.241 e. The quantitative estimate of drug-likeness (QED) is 0.718. The van der Waals surface area contributed by atoms with E-state index in [0.29, 0.717) is 5.56 Å². The lowest BCUT2D eigenvalue weighted by atomic mass is 10.2. The molecule has 0 radical (unpaired) electrons. The summed E-state index contributed by atoms with van der Waals surface area (Å²) in [5.74, 6) is 0. The third kappa shape index (κ3) is 3.21. The van der Waals surface area contributed by atoms with Crippen LogP contribution in [0.25, 0.3) is 0 Å². The molecule has 1 atom stereocenters. The molecule has 0 aliphatic heterocycles. The monoisotopic (exact) mass is 310 g/mol. The average Bonchev–Trinajstić information content (AvgIpc) is 2.92. The van der Waals surface area contributed by atoms with E-state index in [2.05, 4.69) is 14.9 Å². The Morgan fingerprint density at radius 1 is 1.50 bits per heavy atom. The summed E-state index contributed by atoms with van der Waals surface area (Å²) in [4.78, 5) is 0.281. The molecule has 1 aromatic carbocycles. The van der Waals surface area contributed by atoms with Crippen molar-refractivity contribution in [3.8, 4) is 0 Å². The first-order valence-electron chi connectivity index (χ1n) is 5.81. The number of hydrogen-bond acceptors (Lipinski definition) is 4. The van der Waals surface area contributed by atoms with Crippen molar-refractivity contribution < 1.29 is 8.42 Å². The molecule has 0 spiro atoms. The second-order valence-electron chi connectivity index (χ2n) is 4.27. The summed E-state index contributed by atoms with van der Waals surface area (Å²) in [5.41, 5.74) is 6.77. The molecule has 8 heteroatoms. The van der Waals surface area contributed by atoms with E-state index < -0.39 is 16.1 Å². The van der Waals surface area contributed by atoms with Crippen LogP contribution in [0.3, 0.4) is 0 Å². The number of nitrogens with two attached hydrogens (primary N) is 1. The minimum absolute atomic E-state index is 0.123. The fourth-order valence-electron chi connectivity index (χ4n) is 1.68. The SMILES string of the molecule is CC(NS(=O)(=O)c1cccc(C(N)=S)c1)c1cn[nH]c1. The van der Waals surface area contributed by atoms with Crippen LogP contribution in [-0.2, 0) is 10.0 Å². The maximum Gasteiger partial charge on any atom is 0.241 e. The molecule has 0 amide bonds. The van der Waals surface area contributed by atoms with Crippen LogP contribution in [-0.4, -0.2) is 23.6 Å². The molecule has 4 N–H and O–H groups in total. The Labute approximate surface area is 122 Å². The van der Waals surface area contributed by atoms with E-state index in [1.807, 2.05) is 0 Å². The molecule has 6 nitrogen and oxygen atoms in total. The summed E-state index contributed by atoms with van der Waals surface area (Å²) >= 11 is 4.85. The molecule has 1 unspecified atom stereocenters. The number of hydrogen-bond donors (Lipinski definition) is 3. The third-order valence-electron chi connectivity index (χ3n) is 2.78. The molecular weight excluding hydrogens is 296 g/mol. The van der Waals surface area contributed by atoms with Crippen LogP contribution in [0.15, 0.2) is 41.6 Å². The van der Waals surface area contributed by atoms with Gasteiger partial charge in [0.05, 0.1) is 11.1 Å². The highest BCUT2D eigenvalue weighted by atomic mass is 32.2. The number of sulfonamides is 1. The second kappa shape index (κ2) is 5.70. The number of nitrogens with one attached hydrogen (secondary N) is 2. The minimum Gasteiger partial charge on any atom is -0.389 e. The molecule has 0 saturated carbocycles. The predicted molar refractivity (Wildman–Crippen MR) is 79.7 cm³/mol. The maximum atomic E-state index is 12.3. The number of nitrogens with zero attached hydrogens (tertiary/aromatic N) is 1. The first-order valence-corrected chi connectivity index (χ1v) is 7.70. The summed E-state index contributed by atoms with van der Waals surface area (Å²) in [6, 6.07) is 5.82. The number of H-pyrrole nitrogens is 1. The zero-order chi connectivity index (χ0) is 14.8. The number of benzene rings is 1. The van der Waals surface area contributed by atoms with Crippen LogP contribution in [0, 0.1) is 0 Å². The lowest BCUT2D eigenvalue weighted by molar-refractivity contribution is 0.567. The number of rotatable bonds is 5. The zero-order valence-corrected chi connectivity index (χ0v) is 12.3. The highest BCUT2D eigenvalue weighted by Crippen LogP contribution is 2.16. The van der Waals surface area contributed by atoms with E-state index in [1.165, 1.54) is 12.1 Å². The van der Waals surface area contributed by atoms with Crippen molar-refractivity contribution in [3.05, 3.63) is 47.8 Å². The zero-order valence-electron chi connectivity index (χ0n) is 10.7. The fraction of sp³-hybridized carbons (Fsp3) is 0.167. The van der Waals surface area contributed by atoms with Crippen molar-refractivity contribution in [3.63, 3.8) is 0 Å². The van der Waals surface area contributed by atoms with Gasteiger partial charge in [0.2, 0.25) is 10.0 Å². The van der Waals surface area contributed by atoms with Gasteiger partial charge in [-0.1, -0.05) is 24.4 Å². The number of aromatic nitrogens is 2. The molecule has 0 aliphatic rings. The van der Waals surface area contributed by atoms with Crippen molar-refractivity contribution in [2.45, 2.75) is 17.9 Å². The summed E-state index contributed by atoms with van der Waals surface area (Å²) in [5, 5.41) is 6.43. The van der Waals surface area contributed by atoms with E-state index in [1.54, 1.807) is 31.5 Å². The normalized spacial score (nSPS) is 13.1. The Hall–Kier alpha value is -1.77. The van der Waals surface area contributed by atoms with Gasteiger partial charge in [0.15, 0.2) is 0 Å². The summed E-state index contributed by atoms with van der Waals surface area (Å²) < 4.78 is 27.1. The van der Waals surface area contributed by atoms with Gasteiger partial charge < -0.3 is 5.73 Å². The van der Waals surface area contributed by atoms with Gasteiger partial charge in [-0.2, -0.15) is 5.10 Å². The average molecular weight is 310 g/mol. The molecule has 0 fully saturated rings. The van der Waals surface area contributed by atoms with Gasteiger partial charge in [-0.3, -0.25) is 5.10 Å². The molecule has 1 heterocycles. The van der Waals surface area contributed by atoms with Gasteiger partial charge in [-0.05, 0) is 19.1 Å². The standard InChI is InChI=1S/C12H14N4O2S2/c1-8(10-6-14-15-7-10)16-20(17,18)11-4-2-3-9(5-11)12(13)19/h2-8,16H,1H3,(H2,13,19)(H,14,15). The third-order valence-corrected chi connectivity index (χ3v) is 4.55. The Kier molecular flexibility index (Phi) is 4.17. The van der Waals surface area contributed by atoms with Crippen LogP contribution in [0.5, 0.6) is 0 Å².